The average Bonchev–Trinajstić information content (AvgIpc) is 2.42. The van der Waals surface area contributed by atoms with Crippen LogP contribution in [0.4, 0.5) is 4.39 Å². The minimum absolute atomic E-state index is 0.324. The summed E-state index contributed by atoms with van der Waals surface area (Å²) >= 11 is 5.76. The highest BCUT2D eigenvalue weighted by atomic mass is 35.5. The van der Waals surface area contributed by atoms with Gasteiger partial charge in [-0.25, -0.2) is 4.39 Å². The molecule has 0 saturated heterocycles. The van der Waals surface area contributed by atoms with Crippen LogP contribution in [-0.2, 0) is 19.3 Å². The van der Waals surface area contributed by atoms with Gasteiger partial charge in [0, 0.05) is 17.9 Å². The molecule has 1 aliphatic carbocycles. The molecule has 0 radical (unpaired) electrons. The Morgan fingerprint density at radius 2 is 1.90 bits per heavy atom. The number of aryl methyl sites for hydroxylation is 1. The van der Waals surface area contributed by atoms with Crippen molar-refractivity contribution in [1.82, 2.24) is 0 Å². The SMILES string of the molecule is OC1(Cc2ccc(Cl)cc2F)CCc2ccccc2C1. The third kappa shape index (κ3) is 2.72. The summed E-state index contributed by atoms with van der Waals surface area (Å²) in [5, 5.41) is 11.1. The van der Waals surface area contributed by atoms with E-state index < -0.39 is 5.60 Å². The lowest BCUT2D eigenvalue weighted by atomic mass is 9.77. The van der Waals surface area contributed by atoms with Gasteiger partial charge in [0.15, 0.2) is 0 Å². The van der Waals surface area contributed by atoms with E-state index >= 15 is 0 Å². The maximum absolute atomic E-state index is 13.9. The van der Waals surface area contributed by atoms with Crippen molar-refractivity contribution in [1.29, 1.82) is 0 Å². The molecule has 3 heteroatoms. The summed E-state index contributed by atoms with van der Waals surface area (Å²) in [6, 6.07) is 12.8. The zero-order chi connectivity index (χ0) is 14.2. The first-order chi connectivity index (χ1) is 9.56. The quantitative estimate of drug-likeness (QED) is 0.888. The average molecular weight is 291 g/mol. The van der Waals surface area contributed by atoms with E-state index in [4.69, 9.17) is 11.6 Å². The van der Waals surface area contributed by atoms with E-state index in [0.717, 1.165) is 12.0 Å². The van der Waals surface area contributed by atoms with Crippen LogP contribution in [0.15, 0.2) is 42.5 Å². The zero-order valence-corrected chi connectivity index (χ0v) is 11.8. The molecule has 0 fully saturated rings. The summed E-state index contributed by atoms with van der Waals surface area (Å²) in [4.78, 5) is 0. The van der Waals surface area contributed by atoms with Crippen LogP contribution in [0.5, 0.6) is 0 Å². The summed E-state index contributed by atoms with van der Waals surface area (Å²) in [7, 11) is 0. The van der Waals surface area contributed by atoms with Gasteiger partial charge in [0.05, 0.1) is 5.60 Å². The topological polar surface area (TPSA) is 20.2 Å². The van der Waals surface area contributed by atoms with Crippen LogP contribution < -0.4 is 0 Å². The van der Waals surface area contributed by atoms with Gasteiger partial charge in [0.2, 0.25) is 0 Å². The van der Waals surface area contributed by atoms with E-state index in [0.29, 0.717) is 29.8 Å². The molecule has 0 aliphatic heterocycles. The van der Waals surface area contributed by atoms with Crippen LogP contribution in [0.25, 0.3) is 0 Å². The number of halogens is 2. The van der Waals surface area contributed by atoms with Gasteiger partial charge in [-0.05, 0) is 41.7 Å². The Kier molecular flexibility index (Phi) is 3.53. The molecule has 1 atom stereocenters. The van der Waals surface area contributed by atoms with Gasteiger partial charge in [-0.15, -0.1) is 0 Å². The third-order valence-corrected chi connectivity index (χ3v) is 4.27. The monoisotopic (exact) mass is 290 g/mol. The molecule has 0 aromatic heterocycles. The molecule has 2 aromatic carbocycles. The number of fused-ring (bicyclic) bond motifs is 1. The molecule has 1 N–H and O–H groups in total. The standard InChI is InChI=1S/C17H16ClFO/c18-15-6-5-14(16(19)9-15)11-17(20)8-7-12-3-1-2-4-13(12)10-17/h1-6,9,20H,7-8,10-11H2. The Hall–Kier alpha value is -1.38. The summed E-state index contributed by atoms with van der Waals surface area (Å²) < 4.78 is 13.9. The van der Waals surface area contributed by atoms with Gasteiger partial charge in [-0.3, -0.25) is 0 Å². The molecule has 0 bridgehead atoms. The first-order valence-corrected chi connectivity index (χ1v) is 7.17. The first kappa shape index (κ1) is 13.6. The summed E-state index contributed by atoms with van der Waals surface area (Å²) in [6.07, 6.45) is 2.39. The normalized spacial score (nSPS) is 21.6. The smallest absolute Gasteiger partial charge is 0.127 e. The molecule has 0 saturated carbocycles. The van der Waals surface area contributed by atoms with Crippen LogP contribution in [0, 0.1) is 5.82 Å². The maximum Gasteiger partial charge on any atom is 0.127 e. The van der Waals surface area contributed by atoms with E-state index in [9.17, 15) is 9.50 Å². The molecule has 1 unspecified atom stereocenters. The van der Waals surface area contributed by atoms with E-state index in [1.165, 1.54) is 11.6 Å². The highest BCUT2D eigenvalue weighted by molar-refractivity contribution is 6.30. The van der Waals surface area contributed by atoms with Crippen LogP contribution in [0.3, 0.4) is 0 Å². The molecule has 0 amide bonds. The van der Waals surface area contributed by atoms with Gasteiger partial charge < -0.3 is 5.11 Å². The Labute approximate surface area is 123 Å². The number of hydrogen-bond acceptors (Lipinski definition) is 1. The molecule has 0 heterocycles. The first-order valence-electron chi connectivity index (χ1n) is 6.79. The van der Waals surface area contributed by atoms with Crippen molar-refractivity contribution < 1.29 is 9.50 Å². The van der Waals surface area contributed by atoms with E-state index in [1.807, 2.05) is 18.2 Å². The van der Waals surface area contributed by atoms with Crippen molar-refractivity contribution in [2.24, 2.45) is 0 Å². The van der Waals surface area contributed by atoms with Crippen molar-refractivity contribution >= 4 is 11.6 Å². The van der Waals surface area contributed by atoms with Crippen LogP contribution >= 0.6 is 11.6 Å². The number of rotatable bonds is 2. The largest absolute Gasteiger partial charge is 0.389 e. The Morgan fingerprint density at radius 1 is 1.15 bits per heavy atom. The van der Waals surface area contributed by atoms with Crippen LogP contribution in [0.2, 0.25) is 5.02 Å². The Bertz CT molecular complexity index is 641. The molecule has 3 rings (SSSR count). The molecule has 104 valence electrons. The van der Waals surface area contributed by atoms with Crippen molar-refractivity contribution in [2.45, 2.75) is 31.3 Å². The second-order valence-electron chi connectivity index (χ2n) is 5.58. The lowest BCUT2D eigenvalue weighted by Crippen LogP contribution is -2.38. The van der Waals surface area contributed by atoms with Crippen LogP contribution in [-0.4, -0.2) is 10.7 Å². The third-order valence-electron chi connectivity index (χ3n) is 4.03. The second-order valence-corrected chi connectivity index (χ2v) is 6.02. The fourth-order valence-corrected chi connectivity index (χ4v) is 3.11. The van der Waals surface area contributed by atoms with E-state index in [1.54, 1.807) is 12.1 Å². The van der Waals surface area contributed by atoms with Gasteiger partial charge in [-0.1, -0.05) is 41.9 Å². The fraction of sp³-hybridized carbons (Fsp3) is 0.294. The second kappa shape index (κ2) is 5.19. The van der Waals surface area contributed by atoms with Crippen molar-refractivity contribution in [3.8, 4) is 0 Å². The van der Waals surface area contributed by atoms with Crippen molar-refractivity contribution in [3.05, 3.63) is 70.0 Å². The Morgan fingerprint density at radius 3 is 2.65 bits per heavy atom. The summed E-state index contributed by atoms with van der Waals surface area (Å²) in [6.45, 7) is 0. The summed E-state index contributed by atoms with van der Waals surface area (Å²) in [5.41, 5.74) is 2.10. The minimum atomic E-state index is -0.872. The molecule has 1 nitrogen and oxygen atoms in total. The van der Waals surface area contributed by atoms with Crippen molar-refractivity contribution in [2.75, 3.05) is 0 Å². The minimum Gasteiger partial charge on any atom is -0.389 e. The number of benzene rings is 2. The highest BCUT2D eigenvalue weighted by Gasteiger charge is 2.32. The number of hydrogen-bond donors (Lipinski definition) is 1. The highest BCUT2D eigenvalue weighted by Crippen LogP contribution is 2.32. The van der Waals surface area contributed by atoms with E-state index in [-0.39, 0.29) is 5.82 Å². The molecule has 2 aromatic rings. The van der Waals surface area contributed by atoms with E-state index in [2.05, 4.69) is 6.07 Å². The lowest BCUT2D eigenvalue weighted by Gasteiger charge is -2.33. The number of aliphatic hydroxyl groups is 1. The van der Waals surface area contributed by atoms with Gasteiger partial charge in [-0.2, -0.15) is 0 Å². The zero-order valence-electron chi connectivity index (χ0n) is 11.1. The summed E-state index contributed by atoms with van der Waals surface area (Å²) in [5.74, 6) is -0.343. The molecule has 1 aliphatic rings. The maximum atomic E-state index is 13.9. The van der Waals surface area contributed by atoms with Crippen LogP contribution in [0.1, 0.15) is 23.1 Å². The van der Waals surface area contributed by atoms with Gasteiger partial charge >= 0.3 is 0 Å². The van der Waals surface area contributed by atoms with Gasteiger partial charge in [0.1, 0.15) is 5.82 Å². The molecule has 20 heavy (non-hydrogen) atoms. The van der Waals surface area contributed by atoms with Crippen molar-refractivity contribution in [3.63, 3.8) is 0 Å². The lowest BCUT2D eigenvalue weighted by molar-refractivity contribution is 0.0259. The predicted octanol–water partition coefficient (Wildman–Crippen LogP) is 3.94. The molecule has 0 spiro atoms. The fourth-order valence-electron chi connectivity index (χ4n) is 2.95. The molecular formula is C17H16ClFO. The predicted molar refractivity (Wildman–Crippen MR) is 78.5 cm³/mol. The van der Waals surface area contributed by atoms with Gasteiger partial charge in [0.25, 0.3) is 0 Å². The molecular weight excluding hydrogens is 275 g/mol. The Balaban J connectivity index is 1.84.